The number of primary sulfonamides is 1. The lowest BCUT2D eigenvalue weighted by molar-refractivity contribution is -0.118. The first-order valence-electron chi connectivity index (χ1n) is 14.7. The summed E-state index contributed by atoms with van der Waals surface area (Å²) < 4.78 is 85.0. The van der Waals surface area contributed by atoms with Crippen LogP contribution in [0.1, 0.15) is 30.7 Å². The van der Waals surface area contributed by atoms with E-state index in [0.29, 0.717) is 54.0 Å². The third-order valence-corrected chi connectivity index (χ3v) is 12.0. The summed E-state index contributed by atoms with van der Waals surface area (Å²) in [5.41, 5.74) is 1.37. The summed E-state index contributed by atoms with van der Waals surface area (Å²) >= 11 is 7.77. The molecule has 1 fully saturated rings. The summed E-state index contributed by atoms with van der Waals surface area (Å²) in [7, 11) is -7.85. The average molecular weight is 739 g/mol. The molecule has 10 nitrogen and oxygen atoms in total. The fourth-order valence-electron chi connectivity index (χ4n) is 5.29. The van der Waals surface area contributed by atoms with Gasteiger partial charge in [0.2, 0.25) is 10.0 Å². The Balaban J connectivity index is 1.40. The highest BCUT2D eigenvalue weighted by Crippen LogP contribution is 2.38. The SMILES string of the molecule is CC(C)(c1ccc(S(N)(=O)=O)cc1)c1cnc(SCc2ccc(S(=O)(=O)CC(=O)CN3CCOCC3)cc2Cl)n1-c1ccc(F)c(F)c1. The molecule has 1 saturated heterocycles. The van der Waals surface area contributed by atoms with Crippen molar-refractivity contribution in [2.75, 3.05) is 38.6 Å². The molecule has 0 radical (unpaired) electrons. The lowest BCUT2D eigenvalue weighted by Gasteiger charge is -2.27. The number of Topliss-reactive ketones (excluding diaryl/α,β-unsaturated/α-hetero) is 1. The number of aromatic nitrogens is 2. The van der Waals surface area contributed by atoms with Crippen molar-refractivity contribution in [1.82, 2.24) is 14.5 Å². The predicted octanol–water partition coefficient (Wildman–Crippen LogP) is 4.74. The summed E-state index contributed by atoms with van der Waals surface area (Å²) in [5.74, 6) is -2.91. The summed E-state index contributed by atoms with van der Waals surface area (Å²) in [6, 6.07) is 13.8. The van der Waals surface area contributed by atoms with Crippen LogP contribution in [0.3, 0.4) is 0 Å². The number of carbonyl (C=O) groups excluding carboxylic acids is 1. The molecule has 1 aliphatic rings. The van der Waals surface area contributed by atoms with Gasteiger partial charge in [0.05, 0.1) is 47.1 Å². The Morgan fingerprint density at radius 1 is 0.979 bits per heavy atom. The molecule has 256 valence electrons. The molecule has 0 unspecified atom stereocenters. The standard InChI is InChI=1S/C32H33ClF2N4O6S3/c1-32(2,22-4-8-25(9-5-22)48(36,43)44)30-17-37-31(39(30)23-6-10-28(34)29(35)15-23)46-19-21-3-7-26(16-27(21)33)47(41,42)20-24(40)18-38-11-13-45-14-12-38/h3-10,15-17H,11-14,18-20H2,1-2H3,(H2,36,43,44). The minimum Gasteiger partial charge on any atom is -0.379 e. The van der Waals surface area contributed by atoms with Crippen molar-refractivity contribution < 1.29 is 35.1 Å². The number of thioether (sulfide) groups is 1. The zero-order valence-electron chi connectivity index (χ0n) is 26.0. The van der Waals surface area contributed by atoms with E-state index in [1.807, 2.05) is 18.7 Å². The lowest BCUT2D eigenvalue weighted by atomic mass is 9.81. The number of imidazole rings is 1. The van der Waals surface area contributed by atoms with Crippen molar-refractivity contribution in [2.45, 2.75) is 40.0 Å². The van der Waals surface area contributed by atoms with E-state index in [9.17, 15) is 30.4 Å². The second-order valence-electron chi connectivity index (χ2n) is 11.8. The van der Waals surface area contributed by atoms with Crippen molar-refractivity contribution >= 4 is 49.0 Å². The first kappa shape index (κ1) is 36.1. The molecule has 0 amide bonds. The van der Waals surface area contributed by atoms with Crippen LogP contribution in [0.2, 0.25) is 5.02 Å². The number of nitrogens with two attached hydrogens (primary N) is 1. The molecule has 0 atom stereocenters. The van der Waals surface area contributed by atoms with Crippen molar-refractivity contribution in [3.63, 3.8) is 0 Å². The summed E-state index contributed by atoms with van der Waals surface area (Å²) in [5, 5.41) is 5.84. The molecule has 0 bridgehead atoms. The van der Waals surface area contributed by atoms with Gasteiger partial charge in [-0.3, -0.25) is 14.3 Å². The molecule has 1 aromatic heterocycles. The minimum absolute atomic E-state index is 0.0232. The van der Waals surface area contributed by atoms with E-state index in [0.717, 1.165) is 12.1 Å². The number of morpholine rings is 1. The van der Waals surface area contributed by atoms with E-state index in [-0.39, 0.29) is 27.1 Å². The number of ketones is 1. The number of benzene rings is 3. The molecule has 1 aliphatic heterocycles. The van der Waals surface area contributed by atoms with Gasteiger partial charge in [-0.1, -0.05) is 55.4 Å². The molecule has 5 rings (SSSR count). The molecule has 48 heavy (non-hydrogen) atoms. The van der Waals surface area contributed by atoms with Gasteiger partial charge in [-0.05, 0) is 47.5 Å². The maximum Gasteiger partial charge on any atom is 0.238 e. The van der Waals surface area contributed by atoms with Gasteiger partial charge >= 0.3 is 0 Å². The van der Waals surface area contributed by atoms with E-state index < -0.39 is 48.4 Å². The highest BCUT2D eigenvalue weighted by Gasteiger charge is 2.30. The Kier molecular flexibility index (Phi) is 10.8. The van der Waals surface area contributed by atoms with E-state index in [4.69, 9.17) is 21.5 Å². The summed E-state index contributed by atoms with van der Waals surface area (Å²) in [6.07, 6.45) is 1.60. The molecule has 0 spiro atoms. The van der Waals surface area contributed by atoms with Crippen molar-refractivity contribution in [2.24, 2.45) is 5.14 Å². The van der Waals surface area contributed by atoms with Gasteiger partial charge in [0.1, 0.15) is 5.75 Å². The third kappa shape index (κ3) is 8.16. The first-order chi connectivity index (χ1) is 22.6. The fraction of sp³-hybridized carbons (Fsp3) is 0.312. The maximum atomic E-state index is 14.5. The monoisotopic (exact) mass is 738 g/mol. The number of sulfone groups is 1. The first-order valence-corrected chi connectivity index (χ1v) is 19.3. The second-order valence-corrected chi connectivity index (χ2v) is 16.7. The molecule has 2 heterocycles. The van der Waals surface area contributed by atoms with Gasteiger partial charge in [0.25, 0.3) is 0 Å². The Morgan fingerprint density at radius 3 is 2.27 bits per heavy atom. The van der Waals surface area contributed by atoms with Crippen LogP contribution < -0.4 is 5.14 Å². The van der Waals surface area contributed by atoms with Crippen molar-refractivity contribution in [1.29, 1.82) is 0 Å². The van der Waals surface area contributed by atoms with Crippen LogP contribution in [0, 0.1) is 11.6 Å². The number of carbonyl (C=O) groups is 1. The predicted molar refractivity (Wildman–Crippen MR) is 179 cm³/mol. The third-order valence-electron chi connectivity index (χ3n) is 8.03. The number of halogens is 3. The molecule has 16 heteroatoms. The normalized spacial score (nSPS) is 14.7. The summed E-state index contributed by atoms with van der Waals surface area (Å²) in [4.78, 5) is 18.8. The topological polar surface area (TPSA) is 142 Å². The number of sulfonamides is 1. The Labute approximate surface area is 287 Å². The van der Waals surface area contributed by atoms with Crippen LogP contribution in [-0.2, 0) is 40.6 Å². The quantitative estimate of drug-likeness (QED) is 0.204. The average Bonchev–Trinajstić information content (AvgIpc) is 3.46. The van der Waals surface area contributed by atoms with E-state index in [2.05, 4.69) is 4.98 Å². The van der Waals surface area contributed by atoms with Crippen LogP contribution in [0.4, 0.5) is 8.78 Å². The molecule has 0 saturated carbocycles. The number of hydrogen-bond acceptors (Lipinski definition) is 9. The van der Waals surface area contributed by atoms with E-state index >= 15 is 0 Å². The maximum absolute atomic E-state index is 14.5. The number of hydrogen-bond donors (Lipinski definition) is 1. The van der Waals surface area contributed by atoms with Crippen molar-refractivity contribution in [3.8, 4) is 5.69 Å². The molecule has 3 aromatic carbocycles. The Morgan fingerprint density at radius 2 is 1.65 bits per heavy atom. The van der Waals surface area contributed by atoms with Crippen molar-refractivity contribution in [3.05, 3.63) is 100 Å². The van der Waals surface area contributed by atoms with Crippen LogP contribution in [0.5, 0.6) is 0 Å². The molecule has 0 aliphatic carbocycles. The summed E-state index contributed by atoms with van der Waals surface area (Å²) in [6.45, 7) is 5.89. The van der Waals surface area contributed by atoms with Crippen LogP contribution in [-0.4, -0.2) is 75.7 Å². The molecular formula is C32H33ClF2N4O6S3. The number of nitrogens with zero attached hydrogens (tertiary/aromatic N) is 3. The highest BCUT2D eigenvalue weighted by molar-refractivity contribution is 7.98. The highest BCUT2D eigenvalue weighted by atomic mass is 35.5. The van der Waals surface area contributed by atoms with Gasteiger partial charge in [-0.25, -0.2) is 35.7 Å². The fourth-order valence-corrected chi connectivity index (χ4v) is 8.45. The van der Waals surface area contributed by atoms with E-state index in [1.165, 1.54) is 42.1 Å². The molecule has 4 aromatic rings. The second kappa shape index (κ2) is 14.4. The molecular weight excluding hydrogens is 706 g/mol. The van der Waals surface area contributed by atoms with Crippen LogP contribution in [0.15, 0.2) is 81.8 Å². The number of ether oxygens (including phenoxy) is 1. The van der Waals surface area contributed by atoms with Gasteiger partial charge in [0, 0.05) is 35.3 Å². The lowest BCUT2D eigenvalue weighted by Crippen LogP contribution is -2.40. The zero-order chi connectivity index (χ0) is 34.9. The Hall–Kier alpha value is -3.18. The van der Waals surface area contributed by atoms with E-state index in [1.54, 1.807) is 29.0 Å². The van der Waals surface area contributed by atoms with Crippen LogP contribution >= 0.6 is 23.4 Å². The smallest absolute Gasteiger partial charge is 0.238 e. The number of rotatable bonds is 12. The minimum atomic E-state index is -3.94. The largest absolute Gasteiger partial charge is 0.379 e. The zero-order valence-corrected chi connectivity index (χ0v) is 29.2. The van der Waals surface area contributed by atoms with Gasteiger partial charge in [-0.2, -0.15) is 0 Å². The molecule has 2 N–H and O–H groups in total. The van der Waals surface area contributed by atoms with Gasteiger partial charge in [0.15, 0.2) is 32.4 Å². The van der Waals surface area contributed by atoms with Gasteiger partial charge in [-0.15, -0.1) is 0 Å². The Bertz CT molecular complexity index is 2050. The van der Waals surface area contributed by atoms with Gasteiger partial charge < -0.3 is 4.74 Å². The van der Waals surface area contributed by atoms with Crippen LogP contribution in [0.25, 0.3) is 5.69 Å².